The van der Waals surface area contributed by atoms with E-state index in [1.165, 1.54) is 16.9 Å². The van der Waals surface area contributed by atoms with Crippen molar-refractivity contribution in [2.45, 2.75) is 56.4 Å². The van der Waals surface area contributed by atoms with Gasteiger partial charge in [-0.05, 0) is 73.7 Å². The number of nitrogens with one attached hydrogen (secondary N) is 1. The van der Waals surface area contributed by atoms with Crippen molar-refractivity contribution >= 4 is 11.9 Å². The lowest BCUT2D eigenvalue weighted by atomic mass is 9.69. The quantitative estimate of drug-likeness (QED) is 0.523. The first-order chi connectivity index (χ1) is 17.6. The van der Waals surface area contributed by atoms with Crippen LogP contribution in [-0.2, 0) is 15.8 Å². The topological polar surface area (TPSA) is 133 Å². The summed E-state index contributed by atoms with van der Waals surface area (Å²) in [7, 11) is 0. The number of likely N-dealkylation sites (tertiary alicyclic amines) is 1. The Bertz CT molecular complexity index is 1140. The van der Waals surface area contributed by atoms with Crippen LogP contribution in [-0.4, -0.2) is 79.0 Å². The molecule has 6 atom stereocenters. The summed E-state index contributed by atoms with van der Waals surface area (Å²) in [5.74, 6) is -0.531. The molecule has 1 aromatic carbocycles. The molecule has 3 N–H and O–H groups in total. The average molecular weight is 523 g/mol. The van der Waals surface area contributed by atoms with E-state index < -0.39 is 35.8 Å². The number of rotatable bonds is 6. The third-order valence-corrected chi connectivity index (χ3v) is 8.10. The van der Waals surface area contributed by atoms with E-state index in [1.54, 1.807) is 0 Å². The first-order valence-electron chi connectivity index (χ1n) is 12.5. The molecule has 1 aromatic heterocycles. The third-order valence-electron chi connectivity index (χ3n) is 8.10. The summed E-state index contributed by atoms with van der Waals surface area (Å²) in [4.78, 5) is 26.8. The number of aromatic nitrogens is 4. The van der Waals surface area contributed by atoms with Crippen LogP contribution in [0, 0.1) is 17.8 Å². The molecule has 3 fully saturated rings. The highest BCUT2D eigenvalue weighted by Crippen LogP contribution is 2.40. The van der Waals surface area contributed by atoms with Gasteiger partial charge in [0.1, 0.15) is 12.1 Å². The Labute approximate surface area is 210 Å². The maximum absolute atomic E-state index is 12.8. The Morgan fingerprint density at radius 1 is 1.03 bits per heavy atom. The average Bonchev–Trinajstić information content (AvgIpc) is 3.51. The second kappa shape index (κ2) is 10.0. The maximum atomic E-state index is 12.8. The summed E-state index contributed by atoms with van der Waals surface area (Å²) >= 11 is 0. The summed E-state index contributed by atoms with van der Waals surface area (Å²) in [6, 6.07) is 2.94. The van der Waals surface area contributed by atoms with Gasteiger partial charge in [0, 0.05) is 18.7 Å². The molecule has 10 nitrogen and oxygen atoms in total. The van der Waals surface area contributed by atoms with Gasteiger partial charge in [0.25, 0.3) is 0 Å². The lowest BCUT2D eigenvalue weighted by molar-refractivity contribution is -0.143. The Morgan fingerprint density at radius 2 is 1.78 bits per heavy atom. The molecular formula is C24H29F3N6O4. The lowest BCUT2D eigenvalue weighted by Crippen LogP contribution is -2.50. The second-order valence-corrected chi connectivity index (χ2v) is 10.4. The Balaban J connectivity index is 1.24. The van der Waals surface area contributed by atoms with Crippen molar-refractivity contribution in [1.29, 1.82) is 0 Å². The number of carbonyl (C=O) groups is 2. The van der Waals surface area contributed by atoms with Gasteiger partial charge in [-0.25, -0.2) is 0 Å². The van der Waals surface area contributed by atoms with Crippen molar-refractivity contribution in [3.8, 4) is 11.4 Å². The van der Waals surface area contributed by atoms with Crippen LogP contribution in [0.4, 0.5) is 13.2 Å². The largest absolute Gasteiger partial charge is 0.480 e. The van der Waals surface area contributed by atoms with Gasteiger partial charge in [-0.2, -0.15) is 18.0 Å². The number of fused-ring (bicyclic) bond motifs is 1. The molecule has 1 saturated carbocycles. The van der Waals surface area contributed by atoms with E-state index >= 15 is 0 Å². The minimum Gasteiger partial charge on any atom is -0.480 e. The molecule has 2 aromatic rings. The molecule has 0 radical (unpaired) electrons. The molecule has 0 unspecified atom stereocenters. The molecule has 200 valence electrons. The van der Waals surface area contributed by atoms with Crippen LogP contribution in [0.1, 0.15) is 43.7 Å². The van der Waals surface area contributed by atoms with Crippen molar-refractivity contribution in [2.75, 3.05) is 19.6 Å². The number of carboxylic acids is 2. The minimum absolute atomic E-state index is 0.177. The zero-order valence-corrected chi connectivity index (χ0v) is 20.0. The Hall–Kier alpha value is -3.06. The fraction of sp³-hybridized carbons (Fsp3) is 0.625. The van der Waals surface area contributed by atoms with Gasteiger partial charge in [0.15, 0.2) is 0 Å². The van der Waals surface area contributed by atoms with E-state index in [4.69, 9.17) is 0 Å². The fourth-order valence-corrected chi connectivity index (χ4v) is 6.16. The number of carboxylic acid groups (broad SMARTS) is 2. The monoisotopic (exact) mass is 522 g/mol. The Kier molecular flexibility index (Phi) is 6.92. The van der Waals surface area contributed by atoms with Gasteiger partial charge in [-0.3, -0.25) is 14.5 Å². The zero-order chi connectivity index (χ0) is 26.3. The van der Waals surface area contributed by atoms with Crippen LogP contribution in [0.15, 0.2) is 24.3 Å². The van der Waals surface area contributed by atoms with Crippen molar-refractivity contribution < 1.29 is 33.0 Å². The first kappa shape index (κ1) is 25.6. The number of halogens is 3. The molecule has 13 heteroatoms. The van der Waals surface area contributed by atoms with E-state index in [2.05, 4.69) is 20.7 Å². The van der Waals surface area contributed by atoms with Crippen molar-refractivity contribution in [3.63, 3.8) is 0 Å². The summed E-state index contributed by atoms with van der Waals surface area (Å²) in [6.45, 7) is 1.73. The van der Waals surface area contributed by atoms with Gasteiger partial charge >= 0.3 is 18.1 Å². The molecule has 1 aliphatic carbocycles. The Morgan fingerprint density at radius 3 is 2.46 bits per heavy atom. The van der Waals surface area contributed by atoms with E-state index in [9.17, 15) is 33.0 Å². The van der Waals surface area contributed by atoms with Crippen LogP contribution in [0.2, 0.25) is 0 Å². The molecule has 3 aliphatic rings. The van der Waals surface area contributed by atoms with Crippen molar-refractivity contribution in [3.05, 3.63) is 29.8 Å². The molecule has 0 bridgehead atoms. The summed E-state index contributed by atoms with van der Waals surface area (Å²) in [5, 5.41) is 34.7. The number of tetrazole rings is 1. The summed E-state index contributed by atoms with van der Waals surface area (Å²) in [5.41, 5.74) is -0.376. The van der Waals surface area contributed by atoms with Crippen molar-refractivity contribution in [1.82, 2.24) is 30.4 Å². The third kappa shape index (κ3) is 5.47. The van der Waals surface area contributed by atoms with Crippen LogP contribution in [0.3, 0.4) is 0 Å². The summed E-state index contributed by atoms with van der Waals surface area (Å²) in [6.07, 6.45) is -0.714. The molecule has 0 spiro atoms. The number of alkyl halides is 3. The maximum Gasteiger partial charge on any atom is 0.416 e. The highest BCUT2D eigenvalue weighted by molar-refractivity contribution is 5.74. The number of hydrogen-bond acceptors (Lipinski definition) is 7. The molecular weight excluding hydrogens is 493 g/mol. The lowest BCUT2D eigenvalue weighted by Gasteiger charge is -2.42. The van der Waals surface area contributed by atoms with Crippen molar-refractivity contribution in [2.24, 2.45) is 17.8 Å². The normalized spacial score (nSPS) is 30.7. The van der Waals surface area contributed by atoms with E-state index in [-0.39, 0.29) is 17.8 Å². The van der Waals surface area contributed by atoms with Crippen LogP contribution in [0.25, 0.3) is 11.4 Å². The number of nitrogens with zero attached hydrogens (tertiary/aromatic N) is 5. The first-order valence-corrected chi connectivity index (χ1v) is 12.5. The standard InChI is InChI=1S/C24H29F3N6O4/c25-24(26,27)17-5-3-14(4-6-17)21-29-31-33(30-21)18-9-20(23(36)37)32(12-18)11-13-1-2-15-10-28-19(22(34)35)8-16(15)7-13/h3-6,13,15-16,18-20,28H,1-2,7-12H2,(H,34,35)(H,36,37)/t13-,15-,16+,18-,19-,20-/m0/s1. The second-order valence-electron chi connectivity index (χ2n) is 10.4. The van der Waals surface area contributed by atoms with Gasteiger partial charge in [-0.15, -0.1) is 10.2 Å². The molecule has 5 rings (SSSR count). The number of piperidine rings is 1. The molecule has 0 amide bonds. The SMILES string of the molecule is O=C(O)[C@@H]1C[C@H]2C[C@@H](CN3C[C@@H](n4nnc(-c5ccc(C(F)(F)F)cc5)n4)C[C@H]3C(=O)O)CC[C@H]2CN1. The predicted octanol–water partition coefficient (Wildman–Crippen LogP) is 2.54. The number of benzene rings is 1. The highest BCUT2D eigenvalue weighted by atomic mass is 19.4. The summed E-state index contributed by atoms with van der Waals surface area (Å²) < 4.78 is 38.5. The molecule has 3 heterocycles. The number of hydrogen-bond donors (Lipinski definition) is 3. The van der Waals surface area contributed by atoms with Gasteiger partial charge in [0.05, 0.1) is 11.6 Å². The fourth-order valence-electron chi connectivity index (χ4n) is 6.16. The van der Waals surface area contributed by atoms with Crippen LogP contribution < -0.4 is 5.32 Å². The molecule has 2 aliphatic heterocycles. The van der Waals surface area contributed by atoms with Gasteiger partial charge in [-0.1, -0.05) is 12.1 Å². The van der Waals surface area contributed by atoms with Crippen LogP contribution >= 0.6 is 0 Å². The predicted molar refractivity (Wildman–Crippen MR) is 123 cm³/mol. The number of aliphatic carboxylic acids is 2. The zero-order valence-electron chi connectivity index (χ0n) is 20.0. The van der Waals surface area contributed by atoms with E-state index in [1.807, 2.05) is 4.90 Å². The van der Waals surface area contributed by atoms with E-state index in [0.717, 1.165) is 31.4 Å². The van der Waals surface area contributed by atoms with E-state index in [0.29, 0.717) is 49.9 Å². The molecule has 37 heavy (non-hydrogen) atoms. The molecule has 2 saturated heterocycles. The van der Waals surface area contributed by atoms with Crippen LogP contribution in [0.5, 0.6) is 0 Å². The highest BCUT2D eigenvalue weighted by Gasteiger charge is 2.42. The van der Waals surface area contributed by atoms with Gasteiger partial charge in [0.2, 0.25) is 5.82 Å². The smallest absolute Gasteiger partial charge is 0.416 e. The van der Waals surface area contributed by atoms with Gasteiger partial charge < -0.3 is 15.5 Å². The minimum atomic E-state index is -4.44.